The molecule has 1 aliphatic heterocycles. The zero-order valence-electron chi connectivity index (χ0n) is 22.5. The van der Waals surface area contributed by atoms with Gasteiger partial charge < -0.3 is 9.88 Å². The van der Waals surface area contributed by atoms with E-state index in [1.165, 1.54) is 11.0 Å². The van der Waals surface area contributed by atoms with Gasteiger partial charge in [0.05, 0.1) is 18.2 Å². The van der Waals surface area contributed by atoms with E-state index in [9.17, 15) is 14.4 Å². The van der Waals surface area contributed by atoms with Crippen molar-refractivity contribution in [3.63, 3.8) is 0 Å². The number of halogens is 2. The highest BCUT2D eigenvalue weighted by molar-refractivity contribution is 6.10. The molecule has 0 saturated heterocycles. The molecule has 2 saturated carbocycles. The van der Waals surface area contributed by atoms with E-state index >= 15 is 4.39 Å². The summed E-state index contributed by atoms with van der Waals surface area (Å²) >= 11 is 0. The molecule has 4 aromatic rings. The number of anilines is 1. The Balaban J connectivity index is 1.25. The zero-order valence-corrected chi connectivity index (χ0v) is 22.5. The summed E-state index contributed by atoms with van der Waals surface area (Å²) in [5.41, 5.74) is 3.86. The van der Waals surface area contributed by atoms with Crippen molar-refractivity contribution >= 4 is 11.7 Å². The lowest BCUT2D eigenvalue weighted by Gasteiger charge is -2.18. The third kappa shape index (κ3) is 4.76. The van der Waals surface area contributed by atoms with Crippen molar-refractivity contribution in [2.75, 3.05) is 11.4 Å². The van der Waals surface area contributed by atoms with Gasteiger partial charge in [-0.1, -0.05) is 6.07 Å². The lowest BCUT2D eigenvalue weighted by molar-refractivity contribution is 0.0995. The van der Waals surface area contributed by atoms with E-state index in [0.717, 1.165) is 35.2 Å². The Hall–Kier alpha value is -4.49. The molecular weight excluding hydrogens is 524 g/mol. The Kier molecular flexibility index (Phi) is 5.94. The standard InChI is InChI=1S/C31H27F2N7O/c1-39-17-36-38-29(39)23-8-18(13-34)2-5-22(23)21-11-27(20-3-4-20)37-28(12-21)40-15-25-24(30(40)41)9-19(10-26(25)32)14-35-16-31(33)6-7-31/h2,5,8-12,17,20,35H,3-4,6-7,14-16H2,1H3. The predicted octanol–water partition coefficient (Wildman–Crippen LogP) is 5.18. The number of fused-ring (bicyclic) bond motifs is 1. The highest BCUT2D eigenvalue weighted by atomic mass is 19.1. The Morgan fingerprint density at radius 1 is 1.12 bits per heavy atom. The third-order valence-corrected chi connectivity index (χ3v) is 8.13. The Bertz CT molecular complexity index is 1750. The van der Waals surface area contributed by atoms with Gasteiger partial charge in [-0.15, -0.1) is 10.2 Å². The quantitative estimate of drug-likeness (QED) is 0.324. The van der Waals surface area contributed by atoms with Gasteiger partial charge in [0.25, 0.3) is 5.91 Å². The van der Waals surface area contributed by atoms with Crippen LogP contribution in [0, 0.1) is 17.1 Å². The second kappa shape index (κ2) is 9.56. The molecule has 2 aromatic carbocycles. The van der Waals surface area contributed by atoms with Crippen molar-refractivity contribution in [1.82, 2.24) is 25.1 Å². The lowest BCUT2D eigenvalue weighted by atomic mass is 9.96. The van der Waals surface area contributed by atoms with Crippen molar-refractivity contribution in [3.05, 3.63) is 82.6 Å². The number of aromatic nitrogens is 4. The second-order valence-corrected chi connectivity index (χ2v) is 11.3. The average molecular weight is 552 g/mol. The fraction of sp³-hybridized carbons (Fsp3) is 0.323. The number of alkyl halides is 1. The summed E-state index contributed by atoms with van der Waals surface area (Å²) in [4.78, 5) is 20.0. The summed E-state index contributed by atoms with van der Waals surface area (Å²) < 4.78 is 31.0. The molecule has 0 radical (unpaired) electrons. The van der Waals surface area contributed by atoms with Crippen LogP contribution in [0.5, 0.6) is 0 Å². The topological polar surface area (TPSA) is 99.7 Å². The van der Waals surface area contributed by atoms with E-state index in [2.05, 4.69) is 21.6 Å². The van der Waals surface area contributed by atoms with Crippen molar-refractivity contribution in [3.8, 4) is 28.6 Å². The Morgan fingerprint density at radius 3 is 2.66 bits per heavy atom. The van der Waals surface area contributed by atoms with E-state index in [4.69, 9.17) is 4.98 Å². The molecule has 0 spiro atoms. The molecule has 2 fully saturated rings. The molecular formula is C31H27F2N7O. The highest BCUT2D eigenvalue weighted by Crippen LogP contribution is 2.43. The van der Waals surface area contributed by atoms with Crippen LogP contribution in [0.1, 0.15) is 64.3 Å². The summed E-state index contributed by atoms with van der Waals surface area (Å²) in [5.74, 6) is 0.587. The van der Waals surface area contributed by atoms with Crippen LogP contribution in [0.2, 0.25) is 0 Å². The van der Waals surface area contributed by atoms with Gasteiger partial charge in [-0.2, -0.15) is 5.26 Å². The molecule has 2 aromatic heterocycles. The molecule has 2 aliphatic carbocycles. The minimum Gasteiger partial charge on any atom is -0.317 e. The van der Waals surface area contributed by atoms with Gasteiger partial charge in [-0.3, -0.25) is 9.69 Å². The molecule has 0 atom stereocenters. The molecule has 8 nitrogen and oxygen atoms in total. The Labute approximate surface area is 235 Å². The molecule has 3 heterocycles. The Morgan fingerprint density at radius 2 is 1.95 bits per heavy atom. The zero-order chi connectivity index (χ0) is 28.3. The number of nitriles is 1. The number of pyridine rings is 1. The van der Waals surface area contributed by atoms with E-state index in [1.54, 1.807) is 29.1 Å². The molecule has 0 unspecified atom stereocenters. The van der Waals surface area contributed by atoms with Gasteiger partial charge in [0, 0.05) is 48.4 Å². The fourth-order valence-corrected chi connectivity index (χ4v) is 5.45. The molecule has 0 bridgehead atoms. The molecule has 206 valence electrons. The number of carbonyl (C=O) groups is 1. The molecule has 1 amide bonds. The number of hydrogen-bond donors (Lipinski definition) is 1. The molecule has 10 heteroatoms. The number of nitrogens with one attached hydrogen (secondary N) is 1. The van der Waals surface area contributed by atoms with Crippen LogP contribution in [0.25, 0.3) is 22.5 Å². The summed E-state index contributed by atoms with van der Waals surface area (Å²) in [5, 5.41) is 20.9. The third-order valence-electron chi connectivity index (χ3n) is 8.13. The van der Waals surface area contributed by atoms with E-state index < -0.39 is 11.5 Å². The fourth-order valence-electron chi connectivity index (χ4n) is 5.45. The number of aryl methyl sites for hydroxylation is 1. The van der Waals surface area contributed by atoms with Crippen molar-refractivity contribution < 1.29 is 13.6 Å². The van der Waals surface area contributed by atoms with Crippen LogP contribution in [0.4, 0.5) is 14.6 Å². The van der Waals surface area contributed by atoms with Crippen LogP contribution in [0.15, 0.2) is 48.8 Å². The van der Waals surface area contributed by atoms with Gasteiger partial charge >= 0.3 is 0 Å². The molecule has 41 heavy (non-hydrogen) atoms. The summed E-state index contributed by atoms with van der Waals surface area (Å²) in [7, 11) is 1.84. The monoisotopic (exact) mass is 551 g/mol. The number of nitrogens with zero attached hydrogens (tertiary/aromatic N) is 6. The largest absolute Gasteiger partial charge is 0.317 e. The SMILES string of the molecule is Cn1cnnc1-c1cc(C#N)ccc1-c1cc(C2CC2)nc(N2Cc3c(F)cc(CNCC4(F)CC4)cc3C2=O)c1. The molecule has 1 N–H and O–H groups in total. The number of rotatable bonds is 8. The maximum Gasteiger partial charge on any atom is 0.260 e. The first-order chi connectivity index (χ1) is 19.8. The highest BCUT2D eigenvalue weighted by Gasteiger charge is 2.42. The van der Waals surface area contributed by atoms with Crippen molar-refractivity contribution in [2.45, 2.75) is 50.4 Å². The van der Waals surface area contributed by atoms with Crippen LogP contribution in [-0.4, -0.2) is 37.9 Å². The first-order valence-corrected chi connectivity index (χ1v) is 13.8. The van der Waals surface area contributed by atoms with E-state index in [-0.39, 0.29) is 25.5 Å². The van der Waals surface area contributed by atoms with Gasteiger partial charge in [0.2, 0.25) is 0 Å². The number of carbonyl (C=O) groups excluding carboxylic acids is 1. The minimum absolute atomic E-state index is 0.0748. The predicted molar refractivity (Wildman–Crippen MR) is 148 cm³/mol. The average Bonchev–Trinajstić information content (AvgIpc) is 3.88. The molecule has 7 rings (SSSR count). The van der Waals surface area contributed by atoms with Gasteiger partial charge in [0.15, 0.2) is 5.82 Å². The maximum atomic E-state index is 15.2. The van der Waals surface area contributed by atoms with Gasteiger partial charge in [0.1, 0.15) is 23.6 Å². The normalized spacial score (nSPS) is 17.0. The second-order valence-electron chi connectivity index (χ2n) is 11.3. The van der Waals surface area contributed by atoms with Crippen molar-refractivity contribution in [2.24, 2.45) is 7.05 Å². The maximum absolute atomic E-state index is 15.2. The number of amides is 1. The minimum atomic E-state index is -1.15. The molecule has 3 aliphatic rings. The number of hydrogen-bond acceptors (Lipinski definition) is 6. The number of benzene rings is 2. The summed E-state index contributed by atoms with van der Waals surface area (Å²) in [6, 6.07) is 14.6. The van der Waals surface area contributed by atoms with E-state index in [1.807, 2.05) is 25.2 Å². The van der Waals surface area contributed by atoms with E-state index in [0.29, 0.717) is 52.7 Å². The van der Waals surface area contributed by atoms with Crippen LogP contribution in [0.3, 0.4) is 0 Å². The first kappa shape index (κ1) is 25.5. The lowest BCUT2D eigenvalue weighted by Crippen LogP contribution is -2.25. The van der Waals surface area contributed by atoms with Gasteiger partial charge in [-0.05, 0) is 78.8 Å². The van der Waals surface area contributed by atoms with Crippen LogP contribution >= 0.6 is 0 Å². The smallest absolute Gasteiger partial charge is 0.260 e. The first-order valence-electron chi connectivity index (χ1n) is 13.8. The summed E-state index contributed by atoms with van der Waals surface area (Å²) in [6.45, 7) is 0.579. The van der Waals surface area contributed by atoms with Gasteiger partial charge in [-0.25, -0.2) is 13.8 Å². The van der Waals surface area contributed by atoms with Crippen LogP contribution < -0.4 is 10.2 Å². The van der Waals surface area contributed by atoms with Crippen molar-refractivity contribution in [1.29, 1.82) is 5.26 Å². The summed E-state index contributed by atoms with van der Waals surface area (Å²) in [6.07, 6.45) is 4.72. The van der Waals surface area contributed by atoms with Crippen LogP contribution in [-0.2, 0) is 20.1 Å².